The smallest absolute Gasteiger partial charge is 0.305 e. The van der Waals surface area contributed by atoms with Crippen LogP contribution in [0.4, 0.5) is 0 Å². The maximum Gasteiger partial charge on any atom is 0.305 e. The molecule has 0 aromatic carbocycles. The summed E-state index contributed by atoms with van der Waals surface area (Å²) in [4.78, 5) is 16.3. The zero-order chi connectivity index (χ0) is 16.4. The van der Waals surface area contributed by atoms with Crippen molar-refractivity contribution in [2.45, 2.75) is 65.7 Å². The van der Waals surface area contributed by atoms with E-state index in [-0.39, 0.29) is 11.4 Å². The SMILES string of the molecule is CCOC(=O)CC[C@]1(C)C=C(C)C(CCCCCCCl)=NC1. The molecule has 22 heavy (non-hydrogen) atoms. The number of ether oxygens (including phenoxy) is 1. The third-order valence-corrected chi connectivity index (χ3v) is 4.42. The predicted molar refractivity (Wildman–Crippen MR) is 93.8 cm³/mol. The van der Waals surface area contributed by atoms with Crippen LogP contribution in [-0.4, -0.2) is 30.7 Å². The summed E-state index contributed by atoms with van der Waals surface area (Å²) in [5, 5.41) is 0. The molecule has 126 valence electrons. The molecule has 0 saturated heterocycles. The Morgan fingerprint density at radius 1 is 1.36 bits per heavy atom. The molecule has 1 atom stereocenters. The number of hydrogen-bond acceptors (Lipinski definition) is 3. The Morgan fingerprint density at radius 3 is 2.73 bits per heavy atom. The molecule has 1 aliphatic heterocycles. The van der Waals surface area contributed by atoms with Crippen LogP contribution < -0.4 is 0 Å². The van der Waals surface area contributed by atoms with Crippen LogP contribution in [0.3, 0.4) is 0 Å². The van der Waals surface area contributed by atoms with Gasteiger partial charge >= 0.3 is 5.97 Å². The van der Waals surface area contributed by atoms with Crippen molar-refractivity contribution < 1.29 is 9.53 Å². The van der Waals surface area contributed by atoms with Gasteiger partial charge in [0, 0.05) is 30.0 Å². The number of carbonyl (C=O) groups excluding carboxylic acids is 1. The van der Waals surface area contributed by atoms with Crippen LogP contribution in [0.5, 0.6) is 0 Å². The van der Waals surface area contributed by atoms with Crippen molar-refractivity contribution in [1.82, 2.24) is 0 Å². The van der Waals surface area contributed by atoms with Crippen LogP contribution in [0.15, 0.2) is 16.6 Å². The van der Waals surface area contributed by atoms with Crippen LogP contribution in [0.1, 0.15) is 65.7 Å². The molecule has 0 saturated carbocycles. The third kappa shape index (κ3) is 6.95. The van der Waals surface area contributed by atoms with Crippen LogP contribution in [0, 0.1) is 5.41 Å². The third-order valence-electron chi connectivity index (χ3n) is 4.15. The van der Waals surface area contributed by atoms with Gasteiger partial charge in [-0.05, 0) is 45.1 Å². The van der Waals surface area contributed by atoms with Gasteiger partial charge in [-0.2, -0.15) is 0 Å². The number of nitrogens with zero attached hydrogens (tertiary/aromatic N) is 1. The number of allylic oxidation sites excluding steroid dienone is 1. The maximum absolute atomic E-state index is 11.5. The first-order valence-corrected chi connectivity index (χ1v) is 8.99. The fourth-order valence-electron chi connectivity index (χ4n) is 2.84. The van der Waals surface area contributed by atoms with Gasteiger partial charge < -0.3 is 4.74 Å². The number of unbranched alkanes of at least 4 members (excludes halogenated alkanes) is 3. The van der Waals surface area contributed by atoms with E-state index in [4.69, 9.17) is 21.3 Å². The Kier molecular flexibility index (Phi) is 8.77. The quantitative estimate of drug-likeness (QED) is 0.324. The lowest BCUT2D eigenvalue weighted by Crippen LogP contribution is -2.25. The Morgan fingerprint density at radius 2 is 2.09 bits per heavy atom. The van der Waals surface area contributed by atoms with Crippen LogP contribution in [-0.2, 0) is 9.53 Å². The number of esters is 1. The van der Waals surface area contributed by atoms with E-state index in [0.29, 0.717) is 13.0 Å². The first kappa shape index (κ1) is 19.2. The van der Waals surface area contributed by atoms with Crippen LogP contribution in [0.25, 0.3) is 0 Å². The van der Waals surface area contributed by atoms with E-state index in [1.165, 1.54) is 30.5 Å². The number of alkyl halides is 1. The molecule has 0 spiro atoms. The summed E-state index contributed by atoms with van der Waals surface area (Å²) in [7, 11) is 0. The number of carbonyl (C=O) groups is 1. The predicted octanol–water partition coefficient (Wildman–Crippen LogP) is 4.93. The minimum atomic E-state index is -0.108. The molecule has 0 aliphatic carbocycles. The minimum absolute atomic E-state index is 0.0149. The molecule has 0 N–H and O–H groups in total. The molecule has 1 heterocycles. The molecule has 1 aliphatic rings. The van der Waals surface area contributed by atoms with Gasteiger partial charge in [0.2, 0.25) is 0 Å². The second-order valence-electron chi connectivity index (χ2n) is 6.40. The van der Waals surface area contributed by atoms with Crippen molar-refractivity contribution in [2.24, 2.45) is 10.4 Å². The second-order valence-corrected chi connectivity index (χ2v) is 6.78. The molecule has 0 amide bonds. The first-order chi connectivity index (χ1) is 10.5. The molecule has 0 radical (unpaired) electrons. The van der Waals surface area contributed by atoms with Crippen molar-refractivity contribution in [2.75, 3.05) is 19.0 Å². The minimum Gasteiger partial charge on any atom is -0.466 e. The van der Waals surface area contributed by atoms with Crippen molar-refractivity contribution in [3.63, 3.8) is 0 Å². The average molecular weight is 328 g/mol. The molecular weight excluding hydrogens is 298 g/mol. The Labute approximate surface area is 140 Å². The number of dihydropyridines is 1. The second kappa shape index (κ2) is 10.0. The molecule has 3 nitrogen and oxygen atoms in total. The molecule has 0 fully saturated rings. The van der Waals surface area contributed by atoms with Gasteiger partial charge in [0.25, 0.3) is 0 Å². The van der Waals surface area contributed by atoms with E-state index < -0.39 is 0 Å². The maximum atomic E-state index is 11.5. The highest BCUT2D eigenvalue weighted by Crippen LogP contribution is 2.31. The number of aliphatic imine (C=N–C) groups is 1. The highest BCUT2D eigenvalue weighted by Gasteiger charge is 2.26. The van der Waals surface area contributed by atoms with Gasteiger partial charge in [0.15, 0.2) is 0 Å². The lowest BCUT2D eigenvalue weighted by atomic mass is 9.80. The number of hydrogen-bond donors (Lipinski definition) is 0. The summed E-state index contributed by atoms with van der Waals surface area (Å²) in [5.41, 5.74) is 2.49. The molecule has 0 bridgehead atoms. The standard InChI is InChI=1S/C18H30ClNO2/c1-4-22-17(21)10-11-18(3)13-15(2)16(20-14-18)9-7-5-6-8-12-19/h13H,4-12,14H2,1-3H3/t18-/m1/s1. The highest BCUT2D eigenvalue weighted by atomic mass is 35.5. The fraction of sp³-hybridized carbons (Fsp3) is 0.778. The van der Waals surface area contributed by atoms with E-state index in [0.717, 1.165) is 31.7 Å². The zero-order valence-electron chi connectivity index (χ0n) is 14.3. The number of rotatable bonds is 10. The summed E-state index contributed by atoms with van der Waals surface area (Å²) in [6.45, 7) is 7.39. The van der Waals surface area contributed by atoms with Gasteiger partial charge in [-0.1, -0.05) is 25.8 Å². The molecule has 0 unspecified atom stereocenters. The van der Waals surface area contributed by atoms with Gasteiger partial charge in [0.05, 0.1) is 6.61 Å². The van der Waals surface area contributed by atoms with Crippen molar-refractivity contribution in [3.8, 4) is 0 Å². The topological polar surface area (TPSA) is 38.7 Å². The zero-order valence-corrected chi connectivity index (χ0v) is 15.0. The Balaban J connectivity index is 2.40. The van der Waals surface area contributed by atoms with E-state index in [1.807, 2.05) is 6.92 Å². The number of halogens is 1. The lowest BCUT2D eigenvalue weighted by molar-refractivity contribution is -0.143. The van der Waals surface area contributed by atoms with Crippen molar-refractivity contribution in [1.29, 1.82) is 0 Å². The molecule has 1 rings (SSSR count). The molecular formula is C18H30ClNO2. The summed E-state index contributed by atoms with van der Waals surface area (Å²) in [5.74, 6) is 0.655. The normalized spacial score (nSPS) is 21.3. The van der Waals surface area contributed by atoms with Gasteiger partial charge in [0.1, 0.15) is 0 Å². The fourth-order valence-corrected chi connectivity index (χ4v) is 3.03. The van der Waals surface area contributed by atoms with Crippen molar-refractivity contribution >= 4 is 23.3 Å². The Bertz CT molecular complexity index is 417. The Hall–Kier alpha value is -0.830. The molecule has 4 heteroatoms. The molecule has 0 aromatic heterocycles. The summed E-state index contributed by atoms with van der Waals surface area (Å²) in [6.07, 6.45) is 9.34. The monoisotopic (exact) mass is 327 g/mol. The average Bonchev–Trinajstić information content (AvgIpc) is 2.48. The van der Waals surface area contributed by atoms with Gasteiger partial charge in [-0.15, -0.1) is 11.6 Å². The van der Waals surface area contributed by atoms with Gasteiger partial charge in [-0.25, -0.2) is 0 Å². The largest absolute Gasteiger partial charge is 0.466 e. The molecule has 0 aromatic rings. The summed E-state index contributed by atoms with van der Waals surface area (Å²) in [6, 6.07) is 0. The highest BCUT2D eigenvalue weighted by molar-refractivity contribution is 6.17. The van der Waals surface area contributed by atoms with Crippen LogP contribution in [0.2, 0.25) is 0 Å². The van der Waals surface area contributed by atoms with E-state index in [2.05, 4.69) is 19.9 Å². The van der Waals surface area contributed by atoms with E-state index in [1.54, 1.807) is 0 Å². The summed E-state index contributed by atoms with van der Waals surface area (Å²) >= 11 is 5.69. The first-order valence-electron chi connectivity index (χ1n) is 8.45. The van der Waals surface area contributed by atoms with E-state index in [9.17, 15) is 4.79 Å². The lowest BCUT2D eigenvalue weighted by Gasteiger charge is -2.29. The van der Waals surface area contributed by atoms with E-state index >= 15 is 0 Å². The van der Waals surface area contributed by atoms with Gasteiger partial charge in [-0.3, -0.25) is 9.79 Å². The summed E-state index contributed by atoms with van der Waals surface area (Å²) < 4.78 is 5.01. The van der Waals surface area contributed by atoms with Crippen LogP contribution >= 0.6 is 11.6 Å². The van der Waals surface area contributed by atoms with Crippen molar-refractivity contribution in [3.05, 3.63) is 11.6 Å².